The van der Waals surface area contributed by atoms with Gasteiger partial charge in [0.25, 0.3) is 10.1 Å². The van der Waals surface area contributed by atoms with Gasteiger partial charge in [0.2, 0.25) is 0 Å². The van der Waals surface area contributed by atoms with Gasteiger partial charge >= 0.3 is 5.97 Å². The van der Waals surface area contributed by atoms with Gasteiger partial charge in [-0.1, -0.05) is 6.92 Å². The highest BCUT2D eigenvalue weighted by atomic mass is 32.2. The van der Waals surface area contributed by atoms with Gasteiger partial charge < -0.3 is 4.74 Å². The van der Waals surface area contributed by atoms with Gasteiger partial charge in [0.15, 0.2) is 0 Å². The minimum absolute atomic E-state index is 0.106. The fourth-order valence-corrected chi connectivity index (χ4v) is 1.93. The predicted molar refractivity (Wildman–Crippen MR) is 65.1 cm³/mol. The van der Waals surface area contributed by atoms with Crippen molar-refractivity contribution in [2.75, 3.05) is 19.0 Å². The fourth-order valence-electron chi connectivity index (χ4n) is 0.979. The molecule has 0 rings (SSSR count). The molecule has 102 valence electrons. The molecule has 0 aliphatic rings. The van der Waals surface area contributed by atoms with Crippen molar-refractivity contribution in [2.45, 2.75) is 40.5 Å². The quantitative estimate of drug-likeness (QED) is 0.380. The number of ether oxygens (including phenoxy) is 1. The molecule has 0 atom stereocenters. The molecule has 0 saturated heterocycles. The Morgan fingerprint density at radius 1 is 1.24 bits per heavy atom. The molecule has 0 heterocycles. The van der Waals surface area contributed by atoms with E-state index < -0.39 is 15.5 Å². The highest BCUT2D eigenvalue weighted by Gasteiger charge is 2.26. The van der Waals surface area contributed by atoms with Gasteiger partial charge in [0.1, 0.15) is 0 Å². The Labute approximate surface area is 104 Å². The van der Waals surface area contributed by atoms with Crippen molar-refractivity contribution in [3.05, 3.63) is 0 Å². The molecule has 6 heteroatoms. The van der Waals surface area contributed by atoms with E-state index in [-0.39, 0.29) is 31.4 Å². The zero-order chi connectivity index (χ0) is 13.5. The maximum atomic E-state index is 11.5. The highest BCUT2D eigenvalue weighted by Crippen LogP contribution is 2.21. The molecule has 0 aromatic heterocycles. The summed E-state index contributed by atoms with van der Waals surface area (Å²) in [6.45, 7) is 7.35. The largest absolute Gasteiger partial charge is 0.465 e. The van der Waals surface area contributed by atoms with E-state index in [4.69, 9.17) is 4.74 Å². The lowest BCUT2D eigenvalue weighted by molar-refractivity contribution is -0.154. The number of rotatable bonds is 8. The Morgan fingerprint density at radius 3 is 2.29 bits per heavy atom. The topological polar surface area (TPSA) is 69.7 Å². The first kappa shape index (κ1) is 16.4. The predicted octanol–water partition coefficient (Wildman–Crippen LogP) is 1.72. The summed E-state index contributed by atoms with van der Waals surface area (Å²) in [5.41, 5.74) is -0.515. The summed E-state index contributed by atoms with van der Waals surface area (Å²) < 4.78 is 31.9. The fraction of sp³-hybridized carbons (Fsp3) is 0.909. The standard InChI is InChI=1S/C11H22O5S/c1-5-11(3,4)10(12)15-8-7-9-17(13,14)16-6-2/h5-9H2,1-4H3. The van der Waals surface area contributed by atoms with E-state index in [2.05, 4.69) is 4.18 Å². The molecule has 0 spiro atoms. The summed E-state index contributed by atoms with van der Waals surface area (Å²) >= 11 is 0. The van der Waals surface area contributed by atoms with Crippen molar-refractivity contribution in [3.8, 4) is 0 Å². The molecular weight excluding hydrogens is 244 g/mol. The lowest BCUT2D eigenvalue weighted by Crippen LogP contribution is -2.26. The van der Waals surface area contributed by atoms with Crippen LogP contribution in [0.25, 0.3) is 0 Å². The van der Waals surface area contributed by atoms with E-state index in [1.165, 1.54) is 0 Å². The van der Waals surface area contributed by atoms with Crippen molar-refractivity contribution < 1.29 is 22.1 Å². The zero-order valence-electron chi connectivity index (χ0n) is 11.0. The molecule has 5 nitrogen and oxygen atoms in total. The second-order valence-corrected chi connectivity index (χ2v) is 6.15. The summed E-state index contributed by atoms with van der Waals surface area (Å²) in [7, 11) is -3.46. The lowest BCUT2D eigenvalue weighted by Gasteiger charge is -2.20. The normalized spacial score (nSPS) is 12.5. The van der Waals surface area contributed by atoms with E-state index in [1.54, 1.807) is 20.8 Å². The van der Waals surface area contributed by atoms with Crippen molar-refractivity contribution in [1.29, 1.82) is 0 Å². The summed E-state index contributed by atoms with van der Waals surface area (Å²) in [4.78, 5) is 11.5. The molecule has 0 amide bonds. The van der Waals surface area contributed by atoms with Gasteiger partial charge in [0.05, 0.1) is 24.4 Å². The van der Waals surface area contributed by atoms with Crippen LogP contribution in [0.5, 0.6) is 0 Å². The SMILES string of the molecule is CCOS(=O)(=O)CCCOC(=O)C(C)(C)CC. The molecule has 0 unspecified atom stereocenters. The molecule has 17 heavy (non-hydrogen) atoms. The number of hydrogen-bond donors (Lipinski definition) is 0. The van der Waals surface area contributed by atoms with Crippen LogP contribution in [-0.2, 0) is 23.8 Å². The maximum Gasteiger partial charge on any atom is 0.311 e. The van der Waals surface area contributed by atoms with Crippen molar-refractivity contribution >= 4 is 16.1 Å². The minimum atomic E-state index is -3.46. The second-order valence-electron chi connectivity index (χ2n) is 4.40. The summed E-state index contributed by atoms with van der Waals surface area (Å²) in [5, 5.41) is 0. The monoisotopic (exact) mass is 266 g/mol. The third-order valence-corrected chi connectivity index (χ3v) is 3.89. The smallest absolute Gasteiger partial charge is 0.311 e. The van der Waals surface area contributed by atoms with E-state index in [0.29, 0.717) is 6.42 Å². The average Bonchev–Trinajstić information content (AvgIpc) is 2.24. The van der Waals surface area contributed by atoms with E-state index in [0.717, 1.165) is 0 Å². The summed E-state index contributed by atoms with van der Waals surface area (Å²) in [6.07, 6.45) is 0.941. The Morgan fingerprint density at radius 2 is 1.82 bits per heavy atom. The summed E-state index contributed by atoms with van der Waals surface area (Å²) in [5.74, 6) is -0.422. The third-order valence-electron chi connectivity index (χ3n) is 2.51. The van der Waals surface area contributed by atoms with Crippen LogP contribution in [0.1, 0.15) is 40.5 Å². The zero-order valence-corrected chi connectivity index (χ0v) is 11.8. The first-order chi connectivity index (χ1) is 7.75. The van der Waals surface area contributed by atoms with Gasteiger partial charge in [-0.3, -0.25) is 8.98 Å². The number of carbonyl (C=O) groups is 1. The Bertz CT molecular complexity index is 332. The lowest BCUT2D eigenvalue weighted by atomic mass is 9.91. The van der Waals surface area contributed by atoms with Gasteiger partial charge in [-0.05, 0) is 33.6 Å². The molecule has 0 radical (unpaired) electrons. The Kier molecular flexibility index (Phi) is 6.70. The molecule has 0 aliphatic heterocycles. The molecule has 0 N–H and O–H groups in total. The molecule has 0 aromatic rings. The maximum absolute atomic E-state index is 11.5. The van der Waals surface area contributed by atoms with Crippen LogP contribution in [0.2, 0.25) is 0 Å². The summed E-state index contributed by atoms with van der Waals surface area (Å²) in [6, 6.07) is 0. The van der Waals surface area contributed by atoms with Crippen LogP contribution in [0.4, 0.5) is 0 Å². The molecule has 0 aromatic carbocycles. The Hall–Kier alpha value is -0.620. The highest BCUT2D eigenvalue weighted by molar-refractivity contribution is 7.86. The van der Waals surface area contributed by atoms with Crippen LogP contribution in [-0.4, -0.2) is 33.4 Å². The van der Waals surface area contributed by atoms with Crippen LogP contribution in [0.3, 0.4) is 0 Å². The molecule has 0 bridgehead atoms. The van der Waals surface area contributed by atoms with E-state index in [1.807, 2.05) is 6.92 Å². The Balaban J connectivity index is 3.91. The first-order valence-electron chi connectivity index (χ1n) is 5.79. The van der Waals surface area contributed by atoms with E-state index in [9.17, 15) is 13.2 Å². The number of hydrogen-bond acceptors (Lipinski definition) is 5. The van der Waals surface area contributed by atoms with Gasteiger partial charge in [-0.25, -0.2) is 0 Å². The van der Waals surface area contributed by atoms with Crippen LogP contribution in [0.15, 0.2) is 0 Å². The molecular formula is C11H22O5S. The second kappa shape index (κ2) is 6.96. The molecule has 0 saturated carbocycles. The molecule has 0 aliphatic carbocycles. The van der Waals surface area contributed by atoms with Gasteiger partial charge in [0, 0.05) is 0 Å². The van der Waals surface area contributed by atoms with Crippen LogP contribution in [0, 0.1) is 5.41 Å². The average molecular weight is 266 g/mol. The number of carbonyl (C=O) groups excluding carboxylic acids is 1. The van der Waals surface area contributed by atoms with Crippen LogP contribution < -0.4 is 0 Å². The number of esters is 1. The van der Waals surface area contributed by atoms with Gasteiger partial charge in [-0.2, -0.15) is 8.42 Å². The van der Waals surface area contributed by atoms with Crippen molar-refractivity contribution in [3.63, 3.8) is 0 Å². The van der Waals surface area contributed by atoms with Crippen molar-refractivity contribution in [2.24, 2.45) is 5.41 Å². The van der Waals surface area contributed by atoms with Gasteiger partial charge in [-0.15, -0.1) is 0 Å². The van der Waals surface area contributed by atoms with E-state index >= 15 is 0 Å². The van der Waals surface area contributed by atoms with Crippen LogP contribution >= 0.6 is 0 Å². The van der Waals surface area contributed by atoms with Crippen molar-refractivity contribution in [1.82, 2.24) is 0 Å². The minimum Gasteiger partial charge on any atom is -0.465 e. The third kappa shape index (κ3) is 6.63. The molecule has 0 fully saturated rings. The first-order valence-corrected chi connectivity index (χ1v) is 7.37.